The van der Waals surface area contributed by atoms with Gasteiger partial charge in [-0.15, -0.1) is 0 Å². The molecular weight excluding hydrogens is 248 g/mol. The fourth-order valence-corrected chi connectivity index (χ4v) is 3.26. The topological polar surface area (TPSA) is 53.6 Å². The van der Waals surface area contributed by atoms with Crippen LogP contribution in [-0.2, 0) is 0 Å². The highest BCUT2D eigenvalue weighted by molar-refractivity contribution is 5.78. The Morgan fingerprint density at radius 3 is 2.30 bits per heavy atom. The number of aliphatic imine (C=N–C) groups is 1. The Kier molecular flexibility index (Phi) is 7.97. The van der Waals surface area contributed by atoms with Crippen molar-refractivity contribution in [1.82, 2.24) is 10.2 Å². The Labute approximate surface area is 125 Å². The van der Waals surface area contributed by atoms with Crippen LogP contribution in [0.2, 0.25) is 0 Å². The quantitative estimate of drug-likeness (QED) is 0.557. The van der Waals surface area contributed by atoms with E-state index in [4.69, 9.17) is 5.73 Å². The molecule has 3 N–H and O–H groups in total. The van der Waals surface area contributed by atoms with Crippen LogP contribution in [0.1, 0.15) is 58.8 Å². The van der Waals surface area contributed by atoms with Crippen LogP contribution >= 0.6 is 0 Å². The van der Waals surface area contributed by atoms with E-state index < -0.39 is 0 Å². The van der Waals surface area contributed by atoms with Gasteiger partial charge in [-0.05, 0) is 32.9 Å². The molecule has 0 saturated heterocycles. The Morgan fingerprint density at radius 2 is 1.80 bits per heavy atom. The van der Waals surface area contributed by atoms with Crippen molar-refractivity contribution in [3.05, 3.63) is 0 Å². The predicted molar refractivity (Wildman–Crippen MR) is 88.0 cm³/mol. The van der Waals surface area contributed by atoms with E-state index in [1.807, 2.05) is 0 Å². The summed E-state index contributed by atoms with van der Waals surface area (Å²) >= 11 is 0. The van der Waals surface area contributed by atoms with Crippen LogP contribution in [0.25, 0.3) is 0 Å². The molecule has 1 saturated carbocycles. The lowest BCUT2D eigenvalue weighted by atomic mass is 9.93. The van der Waals surface area contributed by atoms with Gasteiger partial charge in [-0.3, -0.25) is 4.99 Å². The van der Waals surface area contributed by atoms with E-state index >= 15 is 0 Å². The predicted octanol–water partition coefficient (Wildman–Crippen LogP) is 2.59. The summed E-state index contributed by atoms with van der Waals surface area (Å²) in [7, 11) is 4.28. The number of hydrogen-bond donors (Lipinski definition) is 2. The first-order chi connectivity index (χ1) is 9.58. The maximum absolute atomic E-state index is 6.06. The van der Waals surface area contributed by atoms with Crippen LogP contribution in [0.4, 0.5) is 0 Å². The van der Waals surface area contributed by atoms with Gasteiger partial charge < -0.3 is 16.0 Å². The number of nitrogens with zero attached hydrogens (tertiary/aromatic N) is 2. The normalized spacial score (nSPS) is 19.6. The SMILES string of the molecule is CCC(CC)C(CN=C(N)NC1CCCCC1)N(C)C. The second-order valence-electron chi connectivity index (χ2n) is 6.31. The van der Waals surface area contributed by atoms with Crippen molar-refractivity contribution < 1.29 is 0 Å². The molecule has 0 aliphatic heterocycles. The molecular formula is C16H34N4. The zero-order valence-corrected chi connectivity index (χ0v) is 13.9. The number of hydrogen-bond acceptors (Lipinski definition) is 2. The van der Waals surface area contributed by atoms with E-state index in [2.05, 4.69) is 43.2 Å². The summed E-state index contributed by atoms with van der Waals surface area (Å²) in [5.74, 6) is 1.32. The Bertz CT molecular complexity index is 278. The highest BCUT2D eigenvalue weighted by Crippen LogP contribution is 2.18. The first-order valence-electron chi connectivity index (χ1n) is 8.31. The lowest BCUT2D eigenvalue weighted by Gasteiger charge is -2.30. The van der Waals surface area contributed by atoms with E-state index in [0.717, 1.165) is 6.54 Å². The molecule has 0 radical (unpaired) electrons. The molecule has 20 heavy (non-hydrogen) atoms. The van der Waals surface area contributed by atoms with Gasteiger partial charge in [0.15, 0.2) is 5.96 Å². The minimum absolute atomic E-state index is 0.483. The van der Waals surface area contributed by atoms with Crippen LogP contribution in [0.3, 0.4) is 0 Å². The molecule has 0 amide bonds. The van der Waals surface area contributed by atoms with Gasteiger partial charge in [0.1, 0.15) is 0 Å². The molecule has 0 aromatic carbocycles. The molecule has 4 nitrogen and oxygen atoms in total. The van der Waals surface area contributed by atoms with Gasteiger partial charge in [-0.25, -0.2) is 0 Å². The molecule has 0 heterocycles. The van der Waals surface area contributed by atoms with Crippen molar-refractivity contribution in [1.29, 1.82) is 0 Å². The maximum atomic E-state index is 6.06. The van der Waals surface area contributed by atoms with E-state index in [1.54, 1.807) is 0 Å². The third-order valence-electron chi connectivity index (χ3n) is 4.66. The standard InChI is InChI=1S/C16H34N4/c1-5-13(6-2)15(20(3)4)12-18-16(17)19-14-10-8-7-9-11-14/h13-15H,5-12H2,1-4H3,(H3,17,18,19). The van der Waals surface area contributed by atoms with Crippen LogP contribution in [-0.4, -0.2) is 43.6 Å². The molecule has 0 aromatic heterocycles. The number of nitrogens with two attached hydrogens (primary N) is 1. The first kappa shape index (κ1) is 17.3. The van der Waals surface area contributed by atoms with Gasteiger partial charge in [0.25, 0.3) is 0 Å². The van der Waals surface area contributed by atoms with Crippen molar-refractivity contribution in [3.8, 4) is 0 Å². The monoisotopic (exact) mass is 282 g/mol. The zero-order valence-electron chi connectivity index (χ0n) is 13.9. The molecule has 118 valence electrons. The third kappa shape index (κ3) is 5.70. The van der Waals surface area contributed by atoms with Gasteiger partial charge in [0.05, 0.1) is 6.54 Å². The van der Waals surface area contributed by atoms with Gasteiger partial charge in [-0.2, -0.15) is 0 Å². The highest BCUT2D eigenvalue weighted by Gasteiger charge is 2.20. The summed E-state index contributed by atoms with van der Waals surface area (Å²) in [6.45, 7) is 5.32. The molecule has 1 aliphatic carbocycles. The van der Waals surface area contributed by atoms with Crippen molar-refractivity contribution >= 4 is 5.96 Å². The fourth-order valence-electron chi connectivity index (χ4n) is 3.26. The second kappa shape index (κ2) is 9.22. The number of rotatable bonds is 7. The Morgan fingerprint density at radius 1 is 1.20 bits per heavy atom. The molecule has 1 fully saturated rings. The summed E-state index contributed by atoms with van der Waals surface area (Å²) < 4.78 is 0. The highest BCUT2D eigenvalue weighted by atomic mass is 15.2. The molecule has 1 rings (SSSR count). The number of likely N-dealkylation sites (N-methyl/N-ethyl adjacent to an activating group) is 1. The Hall–Kier alpha value is -0.770. The van der Waals surface area contributed by atoms with E-state index in [0.29, 0.717) is 24.0 Å². The largest absolute Gasteiger partial charge is 0.370 e. The second-order valence-corrected chi connectivity index (χ2v) is 6.31. The zero-order chi connectivity index (χ0) is 15.0. The van der Waals surface area contributed by atoms with Gasteiger partial charge in [0.2, 0.25) is 0 Å². The summed E-state index contributed by atoms with van der Waals surface area (Å²) in [5.41, 5.74) is 6.06. The van der Waals surface area contributed by atoms with Gasteiger partial charge in [-0.1, -0.05) is 46.0 Å². The summed E-state index contributed by atoms with van der Waals surface area (Å²) in [6, 6.07) is 1.02. The molecule has 0 aromatic rings. The molecule has 1 aliphatic rings. The minimum Gasteiger partial charge on any atom is -0.370 e. The smallest absolute Gasteiger partial charge is 0.188 e. The van der Waals surface area contributed by atoms with Crippen LogP contribution < -0.4 is 11.1 Å². The van der Waals surface area contributed by atoms with Crippen LogP contribution in [0.15, 0.2) is 4.99 Å². The molecule has 1 unspecified atom stereocenters. The first-order valence-corrected chi connectivity index (χ1v) is 8.31. The van der Waals surface area contributed by atoms with E-state index in [1.165, 1.54) is 44.9 Å². The van der Waals surface area contributed by atoms with Gasteiger partial charge >= 0.3 is 0 Å². The summed E-state index contributed by atoms with van der Waals surface area (Å²) in [5, 5.41) is 3.40. The lowest BCUT2D eigenvalue weighted by Crippen LogP contribution is -2.43. The Balaban J connectivity index is 2.48. The van der Waals surface area contributed by atoms with Crippen molar-refractivity contribution in [2.45, 2.75) is 70.9 Å². The maximum Gasteiger partial charge on any atom is 0.188 e. The lowest BCUT2D eigenvalue weighted by molar-refractivity contribution is 0.206. The number of nitrogens with one attached hydrogen (secondary N) is 1. The molecule has 1 atom stereocenters. The van der Waals surface area contributed by atoms with Crippen molar-refractivity contribution in [2.75, 3.05) is 20.6 Å². The van der Waals surface area contributed by atoms with E-state index in [9.17, 15) is 0 Å². The molecule has 0 bridgehead atoms. The summed E-state index contributed by atoms with van der Waals surface area (Å²) in [4.78, 5) is 6.89. The average molecular weight is 282 g/mol. The molecule has 4 heteroatoms. The summed E-state index contributed by atoms with van der Waals surface area (Å²) in [6.07, 6.45) is 8.88. The number of guanidine groups is 1. The third-order valence-corrected chi connectivity index (χ3v) is 4.66. The van der Waals surface area contributed by atoms with Crippen LogP contribution in [0, 0.1) is 5.92 Å². The fraction of sp³-hybridized carbons (Fsp3) is 0.938. The van der Waals surface area contributed by atoms with Crippen molar-refractivity contribution in [3.63, 3.8) is 0 Å². The minimum atomic E-state index is 0.483. The van der Waals surface area contributed by atoms with Crippen molar-refractivity contribution in [2.24, 2.45) is 16.6 Å². The van der Waals surface area contributed by atoms with Crippen LogP contribution in [0.5, 0.6) is 0 Å². The molecule has 0 spiro atoms. The average Bonchev–Trinajstić information content (AvgIpc) is 2.44. The van der Waals surface area contributed by atoms with Gasteiger partial charge in [0, 0.05) is 12.1 Å². The van der Waals surface area contributed by atoms with E-state index in [-0.39, 0.29) is 0 Å².